The van der Waals surface area contributed by atoms with Gasteiger partial charge in [-0.2, -0.15) is 4.31 Å². The predicted octanol–water partition coefficient (Wildman–Crippen LogP) is 1.86. The number of sulfonamides is 1. The van der Waals surface area contributed by atoms with E-state index in [9.17, 15) is 18.3 Å². The monoisotopic (exact) mass is 373 g/mol. The number of aliphatic carboxylic acids is 1. The number of β-amino-alcohol motifs (C(OH)–C–C–N with tert-alkyl or cyclic N) is 1. The molecule has 1 saturated heterocycles. The second-order valence-electron chi connectivity index (χ2n) is 4.52. The van der Waals surface area contributed by atoms with Gasteiger partial charge in [0.05, 0.1) is 16.1 Å². The van der Waals surface area contributed by atoms with Gasteiger partial charge in [-0.15, -0.1) is 0 Å². The quantitative estimate of drug-likeness (QED) is 0.842. The number of benzene rings is 1. The van der Waals surface area contributed by atoms with E-state index >= 15 is 0 Å². The number of hydrogen-bond acceptors (Lipinski definition) is 4. The fraction of sp³-hybridized carbons (Fsp3) is 0.364. The van der Waals surface area contributed by atoms with Crippen molar-refractivity contribution in [1.82, 2.24) is 4.31 Å². The number of carboxylic acid groups (broad SMARTS) is 1. The minimum absolute atomic E-state index is 0.153. The van der Waals surface area contributed by atoms with Crippen LogP contribution in [0.15, 0.2) is 17.0 Å². The topological polar surface area (TPSA) is 94.9 Å². The van der Waals surface area contributed by atoms with Gasteiger partial charge in [0.15, 0.2) is 0 Å². The highest BCUT2D eigenvalue weighted by Gasteiger charge is 2.44. The first-order valence-electron chi connectivity index (χ1n) is 5.72. The second kappa shape index (κ2) is 5.91. The number of rotatable bonds is 3. The van der Waals surface area contributed by atoms with Crippen LogP contribution in [-0.2, 0) is 14.8 Å². The van der Waals surface area contributed by atoms with Gasteiger partial charge in [0.25, 0.3) is 0 Å². The van der Waals surface area contributed by atoms with Gasteiger partial charge in [0.1, 0.15) is 10.9 Å². The SMILES string of the molecule is O=C(O)C1CC(O)CN1S(=O)(=O)c1c(Cl)cc(Cl)cc1Cl. The summed E-state index contributed by atoms with van der Waals surface area (Å²) in [5.74, 6) is -1.35. The highest BCUT2D eigenvalue weighted by atomic mass is 35.5. The first-order valence-corrected chi connectivity index (χ1v) is 8.29. The Bertz CT molecular complexity index is 670. The van der Waals surface area contributed by atoms with Gasteiger partial charge in [0.2, 0.25) is 10.0 Å². The maximum absolute atomic E-state index is 12.6. The van der Waals surface area contributed by atoms with E-state index in [4.69, 9.17) is 39.9 Å². The second-order valence-corrected chi connectivity index (χ2v) is 7.60. The molecule has 2 unspecified atom stereocenters. The molecule has 6 nitrogen and oxygen atoms in total. The highest BCUT2D eigenvalue weighted by molar-refractivity contribution is 7.89. The van der Waals surface area contributed by atoms with Gasteiger partial charge in [0, 0.05) is 18.0 Å². The van der Waals surface area contributed by atoms with Crippen molar-refractivity contribution < 1.29 is 23.4 Å². The van der Waals surface area contributed by atoms with Gasteiger partial charge in [-0.3, -0.25) is 4.79 Å². The number of carbonyl (C=O) groups is 1. The molecule has 2 rings (SSSR count). The molecule has 1 heterocycles. The van der Waals surface area contributed by atoms with Crippen LogP contribution in [0.5, 0.6) is 0 Å². The summed E-state index contributed by atoms with van der Waals surface area (Å²) >= 11 is 17.5. The van der Waals surface area contributed by atoms with Gasteiger partial charge >= 0.3 is 5.97 Å². The van der Waals surface area contributed by atoms with Crippen molar-refractivity contribution in [3.63, 3.8) is 0 Å². The van der Waals surface area contributed by atoms with Crippen molar-refractivity contribution >= 4 is 50.8 Å². The largest absolute Gasteiger partial charge is 0.480 e. The third-order valence-corrected chi connectivity index (χ3v) is 6.06. The Morgan fingerprint density at radius 1 is 1.24 bits per heavy atom. The van der Waals surface area contributed by atoms with E-state index in [2.05, 4.69) is 0 Å². The molecule has 1 aromatic rings. The fourth-order valence-electron chi connectivity index (χ4n) is 2.17. The lowest BCUT2D eigenvalue weighted by molar-refractivity contribution is -0.140. The standard InChI is InChI=1S/C11H10Cl3NO5S/c12-5-1-7(13)10(8(14)2-5)21(19,20)15-4-6(16)3-9(15)11(17)18/h1-2,6,9,16H,3-4H2,(H,17,18). The van der Waals surface area contributed by atoms with Crippen LogP contribution in [0.1, 0.15) is 6.42 Å². The zero-order chi connectivity index (χ0) is 15.9. The summed E-state index contributed by atoms with van der Waals surface area (Å²) in [5, 5.41) is 18.4. The molecule has 2 atom stereocenters. The summed E-state index contributed by atoms with van der Waals surface area (Å²) < 4.78 is 25.9. The number of carboxylic acids is 1. The van der Waals surface area contributed by atoms with Crippen molar-refractivity contribution in [3.05, 3.63) is 27.2 Å². The van der Waals surface area contributed by atoms with Gasteiger partial charge in [-0.1, -0.05) is 34.8 Å². The van der Waals surface area contributed by atoms with Crippen LogP contribution in [0.2, 0.25) is 15.1 Å². The molecular weight excluding hydrogens is 365 g/mol. The molecule has 1 fully saturated rings. The van der Waals surface area contributed by atoms with E-state index in [1.165, 1.54) is 12.1 Å². The zero-order valence-electron chi connectivity index (χ0n) is 10.3. The Morgan fingerprint density at radius 3 is 2.24 bits per heavy atom. The Kier molecular flexibility index (Phi) is 4.72. The van der Waals surface area contributed by atoms with Crippen LogP contribution in [0.4, 0.5) is 0 Å². The highest BCUT2D eigenvalue weighted by Crippen LogP contribution is 2.37. The lowest BCUT2D eigenvalue weighted by atomic mass is 10.2. The van der Waals surface area contributed by atoms with Crippen molar-refractivity contribution in [2.75, 3.05) is 6.54 Å². The molecule has 1 aliphatic heterocycles. The van der Waals surface area contributed by atoms with Gasteiger partial charge < -0.3 is 10.2 Å². The van der Waals surface area contributed by atoms with Crippen LogP contribution in [0.3, 0.4) is 0 Å². The number of aliphatic hydroxyl groups excluding tert-OH is 1. The Morgan fingerprint density at radius 2 is 1.76 bits per heavy atom. The maximum atomic E-state index is 12.6. The summed E-state index contributed by atoms with van der Waals surface area (Å²) in [4.78, 5) is 10.7. The summed E-state index contributed by atoms with van der Waals surface area (Å²) in [6, 6.07) is 1.03. The van der Waals surface area contributed by atoms with E-state index in [0.29, 0.717) is 4.31 Å². The van der Waals surface area contributed by atoms with Crippen molar-refractivity contribution in [2.45, 2.75) is 23.5 Å². The fourth-order valence-corrected chi connectivity index (χ4v) is 5.29. The van der Waals surface area contributed by atoms with Gasteiger partial charge in [-0.05, 0) is 12.1 Å². The average molecular weight is 375 g/mol. The normalized spacial score (nSPS) is 23.4. The van der Waals surface area contributed by atoms with Crippen molar-refractivity contribution in [3.8, 4) is 0 Å². The van der Waals surface area contributed by atoms with Gasteiger partial charge in [-0.25, -0.2) is 8.42 Å². The maximum Gasteiger partial charge on any atom is 0.322 e. The smallest absolute Gasteiger partial charge is 0.322 e. The lowest BCUT2D eigenvalue weighted by Crippen LogP contribution is -2.40. The molecule has 0 radical (unpaired) electrons. The molecule has 116 valence electrons. The Balaban J connectivity index is 2.55. The van der Waals surface area contributed by atoms with Crippen molar-refractivity contribution in [2.24, 2.45) is 0 Å². The summed E-state index contributed by atoms with van der Waals surface area (Å²) in [5.41, 5.74) is 0. The number of aliphatic hydroxyl groups is 1. The first kappa shape index (κ1) is 16.8. The Hall–Kier alpha value is -0.570. The summed E-state index contributed by atoms with van der Waals surface area (Å²) in [6.07, 6.45) is -1.26. The third kappa shape index (κ3) is 3.13. The van der Waals surface area contributed by atoms with E-state index in [-0.39, 0.29) is 28.0 Å². The van der Waals surface area contributed by atoms with E-state index < -0.39 is 33.0 Å². The first-order chi connectivity index (χ1) is 9.64. The summed E-state index contributed by atoms with van der Waals surface area (Å²) in [7, 11) is -4.27. The average Bonchev–Trinajstić information content (AvgIpc) is 2.70. The van der Waals surface area contributed by atoms with E-state index in [0.717, 1.165) is 0 Å². The summed E-state index contributed by atoms with van der Waals surface area (Å²) in [6.45, 7) is -0.339. The van der Waals surface area contributed by atoms with Crippen LogP contribution >= 0.6 is 34.8 Å². The minimum Gasteiger partial charge on any atom is -0.480 e. The molecule has 2 N–H and O–H groups in total. The van der Waals surface area contributed by atoms with Crippen LogP contribution in [0, 0.1) is 0 Å². The van der Waals surface area contributed by atoms with E-state index in [1.54, 1.807) is 0 Å². The third-order valence-electron chi connectivity index (χ3n) is 3.05. The Labute approximate surface area is 135 Å². The minimum atomic E-state index is -4.27. The lowest BCUT2D eigenvalue weighted by Gasteiger charge is -2.22. The molecule has 0 aromatic heterocycles. The molecule has 0 amide bonds. The van der Waals surface area contributed by atoms with Crippen LogP contribution in [0.25, 0.3) is 0 Å². The molecular formula is C11H10Cl3NO5S. The molecule has 10 heteroatoms. The molecule has 1 aromatic carbocycles. The molecule has 1 aliphatic rings. The molecule has 0 spiro atoms. The number of hydrogen-bond donors (Lipinski definition) is 2. The molecule has 0 aliphatic carbocycles. The molecule has 0 saturated carbocycles. The zero-order valence-corrected chi connectivity index (χ0v) is 13.4. The van der Waals surface area contributed by atoms with E-state index in [1.807, 2.05) is 0 Å². The molecule has 0 bridgehead atoms. The number of nitrogens with zero attached hydrogens (tertiary/aromatic N) is 1. The molecule has 21 heavy (non-hydrogen) atoms. The van der Waals surface area contributed by atoms with Crippen LogP contribution in [-0.4, -0.2) is 47.6 Å². The predicted molar refractivity (Wildman–Crippen MR) is 77.4 cm³/mol. The van der Waals surface area contributed by atoms with Crippen LogP contribution < -0.4 is 0 Å². The number of halogens is 3. The van der Waals surface area contributed by atoms with Crippen molar-refractivity contribution in [1.29, 1.82) is 0 Å².